The van der Waals surface area contributed by atoms with Crippen molar-refractivity contribution in [1.82, 2.24) is 9.80 Å². The number of rotatable bonds is 19. The second kappa shape index (κ2) is 19.3. The predicted octanol–water partition coefficient (Wildman–Crippen LogP) is 9.30. The summed E-state index contributed by atoms with van der Waals surface area (Å²) in [6.07, 6.45) is 28.0. The van der Waals surface area contributed by atoms with E-state index in [2.05, 4.69) is 66.4 Å². The molecule has 0 fully saturated rings. The maximum atomic E-state index is 2.51. The minimum atomic E-state index is 0. The van der Waals surface area contributed by atoms with Gasteiger partial charge in [0.1, 0.15) is 0 Å². The largest absolute Gasteiger partial charge is 0.356 e. The second-order valence-electron chi connectivity index (χ2n) is 9.63. The fourth-order valence-corrected chi connectivity index (χ4v) is 4.69. The van der Waals surface area contributed by atoms with Crippen LogP contribution in [-0.4, -0.2) is 22.5 Å². The lowest BCUT2D eigenvalue weighted by Gasteiger charge is -2.30. The fourth-order valence-electron chi connectivity index (χ4n) is 4.69. The van der Waals surface area contributed by atoms with Crippen LogP contribution in [0.2, 0.25) is 0 Å². The van der Waals surface area contributed by atoms with E-state index >= 15 is 0 Å². The van der Waals surface area contributed by atoms with Crippen molar-refractivity contribution in [3.63, 3.8) is 0 Å². The lowest BCUT2D eigenvalue weighted by Crippen LogP contribution is -2.36. The van der Waals surface area contributed by atoms with Gasteiger partial charge in [0.15, 0.2) is 0 Å². The minimum Gasteiger partial charge on any atom is -0.356 e. The average Bonchev–Trinajstić information content (AvgIpc) is 3.13. The van der Waals surface area contributed by atoms with Gasteiger partial charge in [0.25, 0.3) is 0 Å². The third-order valence-corrected chi connectivity index (χ3v) is 6.89. The second-order valence-corrected chi connectivity index (χ2v) is 9.63. The van der Waals surface area contributed by atoms with E-state index in [1.807, 2.05) is 0 Å². The maximum absolute atomic E-state index is 2.51. The summed E-state index contributed by atoms with van der Waals surface area (Å²) >= 11 is 0. The first-order valence-electron chi connectivity index (χ1n) is 13.5. The molecule has 32 heavy (non-hydrogen) atoms. The van der Waals surface area contributed by atoms with E-state index in [9.17, 15) is 0 Å². The van der Waals surface area contributed by atoms with Crippen molar-refractivity contribution < 1.29 is 0 Å². The van der Waals surface area contributed by atoms with E-state index < -0.39 is 0 Å². The highest BCUT2D eigenvalue weighted by Gasteiger charge is 2.21. The number of benzene rings is 1. The van der Waals surface area contributed by atoms with E-state index in [-0.39, 0.29) is 12.4 Å². The summed E-state index contributed by atoms with van der Waals surface area (Å²) in [6.45, 7) is 6.83. The van der Waals surface area contributed by atoms with Crippen LogP contribution < -0.4 is 0 Å². The van der Waals surface area contributed by atoms with E-state index in [0.717, 1.165) is 6.54 Å². The topological polar surface area (TPSA) is 6.48 Å². The first-order valence-corrected chi connectivity index (χ1v) is 13.5. The molecule has 0 radical (unpaired) electrons. The maximum Gasteiger partial charge on any atom is 0.0981 e. The van der Waals surface area contributed by atoms with Gasteiger partial charge in [-0.3, -0.25) is 0 Å². The molecule has 2 rings (SSSR count). The van der Waals surface area contributed by atoms with Gasteiger partial charge >= 0.3 is 0 Å². The van der Waals surface area contributed by atoms with E-state index in [4.69, 9.17) is 0 Å². The van der Waals surface area contributed by atoms with Gasteiger partial charge in [0.2, 0.25) is 0 Å². The number of unbranched alkanes of at least 4 members (excludes halogenated alkanes) is 15. The summed E-state index contributed by atoms with van der Waals surface area (Å²) in [5.74, 6) is 0. The molecular formula is C29H51ClN2. The molecular weight excluding hydrogens is 412 g/mol. The molecule has 1 heterocycles. The summed E-state index contributed by atoms with van der Waals surface area (Å²) in [6, 6.07) is 10.8. The van der Waals surface area contributed by atoms with Crippen molar-refractivity contribution in [2.45, 2.75) is 129 Å². The van der Waals surface area contributed by atoms with Crippen LogP contribution in [0.15, 0.2) is 42.7 Å². The normalized spacial score (nSPS) is 15.4. The van der Waals surface area contributed by atoms with Crippen LogP contribution >= 0.6 is 12.4 Å². The van der Waals surface area contributed by atoms with Crippen LogP contribution in [0, 0.1) is 0 Å². The summed E-state index contributed by atoms with van der Waals surface area (Å²) in [7, 11) is 0. The van der Waals surface area contributed by atoms with Crippen LogP contribution in [0.3, 0.4) is 0 Å². The van der Waals surface area contributed by atoms with Gasteiger partial charge < -0.3 is 9.80 Å². The molecule has 184 valence electrons. The Bertz CT molecular complexity index is 560. The zero-order valence-electron chi connectivity index (χ0n) is 21.1. The van der Waals surface area contributed by atoms with Crippen molar-refractivity contribution >= 4 is 12.4 Å². The molecule has 3 heteroatoms. The quantitative estimate of drug-likeness (QED) is 0.189. The monoisotopic (exact) mass is 462 g/mol. The first kappa shape index (κ1) is 28.9. The molecule has 1 aromatic carbocycles. The van der Waals surface area contributed by atoms with Gasteiger partial charge in [-0.15, -0.1) is 12.4 Å². The highest BCUT2D eigenvalue weighted by atomic mass is 35.5. The van der Waals surface area contributed by atoms with Gasteiger partial charge in [-0.25, -0.2) is 0 Å². The lowest BCUT2D eigenvalue weighted by atomic mass is 10.0. The van der Waals surface area contributed by atoms with Gasteiger partial charge in [0, 0.05) is 25.5 Å². The smallest absolute Gasteiger partial charge is 0.0981 e. The van der Waals surface area contributed by atoms with Gasteiger partial charge in [-0.05, 0) is 18.9 Å². The molecule has 1 aliphatic heterocycles. The van der Waals surface area contributed by atoms with Crippen molar-refractivity contribution in [3.05, 3.63) is 48.3 Å². The molecule has 1 aromatic rings. The average molecular weight is 463 g/mol. The van der Waals surface area contributed by atoms with Gasteiger partial charge in [0.05, 0.1) is 6.17 Å². The predicted molar refractivity (Wildman–Crippen MR) is 144 cm³/mol. The zero-order valence-corrected chi connectivity index (χ0v) is 22.0. The van der Waals surface area contributed by atoms with Crippen molar-refractivity contribution in [3.8, 4) is 0 Å². The van der Waals surface area contributed by atoms with Gasteiger partial charge in [-0.1, -0.05) is 134 Å². The Morgan fingerprint density at radius 1 is 0.594 bits per heavy atom. The summed E-state index contributed by atoms with van der Waals surface area (Å²) < 4.78 is 0. The number of halogens is 1. The molecule has 1 aliphatic rings. The minimum absolute atomic E-state index is 0. The highest BCUT2D eigenvalue weighted by Crippen LogP contribution is 2.20. The number of hydrogen-bond donors (Lipinski definition) is 0. The Morgan fingerprint density at radius 3 is 1.53 bits per heavy atom. The molecule has 0 bridgehead atoms. The van der Waals surface area contributed by atoms with Crippen molar-refractivity contribution in [1.29, 1.82) is 0 Å². The lowest BCUT2D eigenvalue weighted by molar-refractivity contribution is 0.162. The van der Waals surface area contributed by atoms with E-state index in [1.165, 1.54) is 115 Å². The summed E-state index contributed by atoms with van der Waals surface area (Å²) in [5, 5.41) is 0. The van der Waals surface area contributed by atoms with Crippen LogP contribution in [0.25, 0.3) is 0 Å². The Morgan fingerprint density at radius 2 is 1.03 bits per heavy atom. The van der Waals surface area contributed by atoms with E-state index in [1.54, 1.807) is 0 Å². The molecule has 2 nitrogen and oxygen atoms in total. The van der Waals surface area contributed by atoms with Crippen LogP contribution in [0.4, 0.5) is 0 Å². The highest BCUT2D eigenvalue weighted by molar-refractivity contribution is 5.85. The zero-order chi connectivity index (χ0) is 22.0. The van der Waals surface area contributed by atoms with Crippen LogP contribution in [0.5, 0.6) is 0 Å². The molecule has 0 amide bonds. The fraction of sp³-hybridized carbons (Fsp3) is 0.724. The molecule has 0 N–H and O–H groups in total. The molecule has 1 unspecified atom stereocenters. The molecule has 0 aromatic heterocycles. The SMILES string of the molecule is CCCCCCCCCCCCCCCCCCN1C=CN(Cc2ccccc2)C1C.Cl. The third-order valence-electron chi connectivity index (χ3n) is 6.89. The Balaban J connectivity index is 0.00000512. The summed E-state index contributed by atoms with van der Waals surface area (Å²) in [5.41, 5.74) is 1.39. The van der Waals surface area contributed by atoms with E-state index in [0.29, 0.717) is 6.17 Å². The Hall–Kier alpha value is -1.15. The van der Waals surface area contributed by atoms with Crippen molar-refractivity contribution in [2.75, 3.05) is 6.54 Å². The molecule has 0 saturated carbocycles. The number of nitrogens with zero attached hydrogens (tertiary/aromatic N) is 2. The molecule has 0 saturated heterocycles. The summed E-state index contributed by atoms with van der Waals surface area (Å²) in [4.78, 5) is 4.95. The molecule has 1 atom stereocenters. The Labute approximate surface area is 206 Å². The van der Waals surface area contributed by atoms with Gasteiger partial charge in [-0.2, -0.15) is 0 Å². The molecule has 0 spiro atoms. The van der Waals surface area contributed by atoms with Crippen LogP contribution in [0.1, 0.15) is 122 Å². The third kappa shape index (κ3) is 12.8. The first-order chi connectivity index (χ1) is 15.3. The number of hydrogen-bond acceptors (Lipinski definition) is 2. The Kier molecular flexibility index (Phi) is 17.4. The van der Waals surface area contributed by atoms with Crippen molar-refractivity contribution in [2.24, 2.45) is 0 Å². The standard InChI is InChI=1S/C29H50N2.ClH/c1-3-4-5-6-7-8-9-10-11-12-13-14-15-16-17-21-24-30-25-26-31(28(30)2)27-29-22-19-18-20-23-29;/h18-20,22-23,25-26,28H,3-17,21,24,27H2,1-2H3;1H. The van der Waals surface area contributed by atoms with Crippen LogP contribution in [-0.2, 0) is 6.54 Å². The molecule has 0 aliphatic carbocycles.